The lowest BCUT2D eigenvalue weighted by atomic mass is 10.1. The number of carbonyl (C=O) groups is 1. The van der Waals surface area contributed by atoms with Crippen molar-refractivity contribution in [3.63, 3.8) is 0 Å². The van der Waals surface area contributed by atoms with E-state index < -0.39 is 0 Å². The number of halogens is 2. The maximum atomic E-state index is 13.2. The molecule has 0 bridgehead atoms. The van der Waals surface area contributed by atoms with E-state index in [0.29, 0.717) is 0 Å². The Balaban J connectivity index is 2.13. The first kappa shape index (κ1) is 19.6. The van der Waals surface area contributed by atoms with E-state index in [-0.39, 0.29) is 5.78 Å². The molecule has 0 saturated heterocycles. The van der Waals surface area contributed by atoms with E-state index in [1.165, 1.54) is 11.1 Å². The van der Waals surface area contributed by atoms with Crippen molar-refractivity contribution in [3.05, 3.63) is 80.1 Å². The summed E-state index contributed by atoms with van der Waals surface area (Å²) in [4.78, 5) is 15.4. The van der Waals surface area contributed by atoms with Gasteiger partial charge in [0.2, 0.25) is 5.78 Å². The van der Waals surface area contributed by atoms with Gasteiger partial charge < -0.3 is 4.90 Å². The molecule has 4 heteroatoms. The van der Waals surface area contributed by atoms with Gasteiger partial charge in [0.1, 0.15) is 5.70 Å². The molecule has 1 aliphatic heterocycles. The zero-order valence-electron chi connectivity index (χ0n) is 15.1. The smallest absolute Gasteiger partial charge is 0.218 e. The lowest BCUT2D eigenvalue weighted by molar-refractivity contribution is -0.111. The summed E-state index contributed by atoms with van der Waals surface area (Å²) in [6, 6.07) is 16.8. The third kappa shape index (κ3) is 3.76. The number of benzene rings is 2. The van der Waals surface area contributed by atoms with E-state index in [0.717, 1.165) is 42.6 Å². The minimum absolute atomic E-state index is 0.125. The van der Waals surface area contributed by atoms with Gasteiger partial charge in [-0.1, -0.05) is 66.6 Å². The Morgan fingerprint density at radius 1 is 0.962 bits per heavy atom. The van der Waals surface area contributed by atoms with E-state index in [1.54, 1.807) is 0 Å². The van der Waals surface area contributed by atoms with Crippen molar-refractivity contribution < 1.29 is 4.79 Å². The van der Waals surface area contributed by atoms with Crippen molar-refractivity contribution in [2.24, 2.45) is 0 Å². The Kier molecular flexibility index (Phi) is 6.22. The maximum Gasteiger partial charge on any atom is 0.218 e. The Labute approximate surface area is 182 Å². The highest BCUT2D eigenvalue weighted by atomic mass is 127. The zero-order chi connectivity index (χ0) is 18.8. The number of allylic oxidation sites excluding steroid dienone is 1. The maximum absolute atomic E-state index is 13.2. The van der Waals surface area contributed by atoms with Gasteiger partial charge >= 0.3 is 0 Å². The fourth-order valence-corrected chi connectivity index (χ4v) is 4.81. The Hall–Kier alpha value is -1.15. The van der Waals surface area contributed by atoms with E-state index >= 15 is 0 Å². The fourth-order valence-electron chi connectivity index (χ4n) is 3.06. The minimum atomic E-state index is 0.125. The molecule has 0 unspecified atom stereocenters. The van der Waals surface area contributed by atoms with E-state index in [9.17, 15) is 4.79 Å². The molecule has 0 saturated carbocycles. The SMILES string of the molecule is CCCN1C(c2ccc(C)cc2)=C(I)C(=O)/C1=C(\I)c1ccc(C)cc1. The Morgan fingerprint density at radius 2 is 1.50 bits per heavy atom. The molecule has 1 heterocycles. The van der Waals surface area contributed by atoms with Crippen molar-refractivity contribution in [2.45, 2.75) is 27.2 Å². The molecule has 2 aromatic rings. The number of hydrogen-bond acceptors (Lipinski definition) is 2. The predicted octanol–water partition coefficient (Wildman–Crippen LogP) is 6.51. The lowest BCUT2D eigenvalue weighted by Crippen LogP contribution is -2.21. The second-order valence-corrected chi connectivity index (χ2v) is 8.70. The monoisotopic (exact) mass is 569 g/mol. The summed E-state index contributed by atoms with van der Waals surface area (Å²) in [7, 11) is 0. The second kappa shape index (κ2) is 8.25. The molecule has 2 nitrogen and oxygen atoms in total. The molecule has 134 valence electrons. The number of aryl methyl sites for hydroxylation is 2. The van der Waals surface area contributed by atoms with Crippen molar-refractivity contribution >= 4 is 60.2 Å². The van der Waals surface area contributed by atoms with Crippen LogP contribution in [0.5, 0.6) is 0 Å². The average Bonchev–Trinajstić information content (AvgIpc) is 2.87. The van der Waals surface area contributed by atoms with E-state index in [4.69, 9.17) is 0 Å². The first-order valence-electron chi connectivity index (χ1n) is 8.70. The molecule has 0 spiro atoms. The average molecular weight is 569 g/mol. The number of hydrogen-bond donors (Lipinski definition) is 0. The van der Waals surface area contributed by atoms with Crippen LogP contribution in [0.2, 0.25) is 0 Å². The number of ketones is 1. The fraction of sp³-hybridized carbons (Fsp3) is 0.227. The third-order valence-corrected chi connectivity index (χ3v) is 6.58. The lowest BCUT2D eigenvalue weighted by Gasteiger charge is -2.24. The topological polar surface area (TPSA) is 20.3 Å². The van der Waals surface area contributed by atoms with Crippen LogP contribution in [0.4, 0.5) is 0 Å². The summed E-state index contributed by atoms with van der Waals surface area (Å²) in [5.41, 5.74) is 6.48. The van der Waals surface area contributed by atoms with Crippen LogP contribution in [-0.4, -0.2) is 17.2 Å². The third-order valence-electron chi connectivity index (χ3n) is 4.45. The number of Topliss-reactive ketones (excluding diaryl/α,β-unsaturated/α-hetero) is 1. The van der Waals surface area contributed by atoms with Crippen molar-refractivity contribution in [1.29, 1.82) is 0 Å². The largest absolute Gasteiger partial charge is 0.336 e. The summed E-state index contributed by atoms with van der Waals surface area (Å²) in [6.07, 6.45) is 0.980. The number of rotatable bonds is 4. The molecule has 0 amide bonds. The van der Waals surface area contributed by atoms with Crippen LogP contribution in [0.25, 0.3) is 9.28 Å². The molecule has 0 aliphatic carbocycles. The minimum Gasteiger partial charge on any atom is -0.336 e. The van der Waals surface area contributed by atoms with Gasteiger partial charge in [-0.05, 0) is 76.6 Å². The molecule has 0 N–H and O–H groups in total. The van der Waals surface area contributed by atoms with Crippen LogP contribution in [0.3, 0.4) is 0 Å². The van der Waals surface area contributed by atoms with Gasteiger partial charge in [-0.3, -0.25) is 4.79 Å². The van der Waals surface area contributed by atoms with Gasteiger partial charge in [-0.15, -0.1) is 0 Å². The number of carbonyl (C=O) groups excluding carboxylic acids is 1. The highest BCUT2D eigenvalue weighted by Crippen LogP contribution is 2.43. The predicted molar refractivity (Wildman–Crippen MR) is 126 cm³/mol. The van der Waals surface area contributed by atoms with Gasteiger partial charge in [0.25, 0.3) is 0 Å². The number of nitrogens with zero attached hydrogens (tertiary/aromatic N) is 1. The van der Waals surface area contributed by atoms with Crippen molar-refractivity contribution in [1.82, 2.24) is 4.90 Å². The first-order valence-corrected chi connectivity index (χ1v) is 10.9. The van der Waals surface area contributed by atoms with Crippen LogP contribution in [0, 0.1) is 13.8 Å². The zero-order valence-corrected chi connectivity index (χ0v) is 19.5. The van der Waals surface area contributed by atoms with Gasteiger partial charge in [-0.2, -0.15) is 0 Å². The van der Waals surface area contributed by atoms with Crippen LogP contribution >= 0.6 is 45.2 Å². The molecule has 0 fully saturated rings. The Morgan fingerprint density at radius 3 is 2.04 bits per heavy atom. The van der Waals surface area contributed by atoms with Gasteiger partial charge in [0.15, 0.2) is 0 Å². The van der Waals surface area contributed by atoms with Crippen LogP contribution in [0.1, 0.15) is 35.6 Å². The van der Waals surface area contributed by atoms with Crippen molar-refractivity contribution in [2.75, 3.05) is 6.54 Å². The molecular weight excluding hydrogens is 548 g/mol. The molecule has 0 radical (unpaired) electrons. The van der Waals surface area contributed by atoms with Gasteiger partial charge in [-0.25, -0.2) is 0 Å². The quantitative estimate of drug-likeness (QED) is 0.310. The molecular formula is C22H21I2NO. The summed E-state index contributed by atoms with van der Waals surface area (Å²) in [5, 5.41) is 0. The van der Waals surface area contributed by atoms with E-state index in [2.05, 4.69) is 119 Å². The van der Waals surface area contributed by atoms with E-state index in [1.807, 2.05) is 0 Å². The van der Waals surface area contributed by atoms with Gasteiger partial charge in [0.05, 0.1) is 9.28 Å². The second-order valence-electron chi connectivity index (χ2n) is 6.54. The first-order chi connectivity index (χ1) is 12.4. The van der Waals surface area contributed by atoms with Crippen LogP contribution < -0.4 is 0 Å². The summed E-state index contributed by atoms with van der Waals surface area (Å²) in [6.45, 7) is 7.14. The standard InChI is InChI=1S/C22H21I2NO/c1-4-13-25-20(17-11-7-15(3)8-12-17)19(24)22(26)21(25)18(23)16-9-5-14(2)6-10-16/h5-12H,4,13H2,1-3H3/b21-18+. The van der Waals surface area contributed by atoms with Gasteiger partial charge in [0, 0.05) is 10.1 Å². The molecule has 2 aromatic carbocycles. The summed E-state index contributed by atoms with van der Waals surface area (Å²) >= 11 is 4.53. The molecule has 26 heavy (non-hydrogen) atoms. The highest BCUT2D eigenvalue weighted by Gasteiger charge is 2.36. The van der Waals surface area contributed by atoms with Crippen molar-refractivity contribution in [3.8, 4) is 0 Å². The molecule has 0 aromatic heterocycles. The summed E-state index contributed by atoms with van der Waals surface area (Å²) in [5.74, 6) is 0.125. The highest BCUT2D eigenvalue weighted by molar-refractivity contribution is 14.1. The molecule has 0 atom stereocenters. The van der Waals surface area contributed by atoms with Crippen LogP contribution in [0.15, 0.2) is 57.8 Å². The Bertz CT molecular complexity index is 893. The van der Waals surface area contributed by atoms with Crippen LogP contribution in [-0.2, 0) is 4.79 Å². The molecule has 3 rings (SSSR count). The normalized spacial score (nSPS) is 16.5. The summed E-state index contributed by atoms with van der Waals surface area (Å²) < 4.78 is 1.81. The molecule has 1 aliphatic rings.